The second-order valence-corrected chi connectivity index (χ2v) is 12.3. The molecule has 2 aromatic rings. The number of hydrogen-bond acceptors (Lipinski definition) is 8. The number of aromatic hydroxyl groups is 1. The summed E-state index contributed by atoms with van der Waals surface area (Å²) in [7, 11) is 0. The van der Waals surface area contributed by atoms with Crippen molar-refractivity contribution in [3.05, 3.63) is 62.1 Å². The average molecular weight is 572 g/mol. The van der Waals surface area contributed by atoms with Crippen LogP contribution < -0.4 is 16.3 Å². The molecule has 0 spiro atoms. The Labute approximate surface area is 237 Å². The second kappa shape index (κ2) is 11.8. The van der Waals surface area contributed by atoms with Crippen LogP contribution in [-0.4, -0.2) is 70.7 Å². The van der Waals surface area contributed by atoms with Gasteiger partial charge in [0.05, 0.1) is 0 Å². The molecule has 0 radical (unpaired) electrons. The fourth-order valence-corrected chi connectivity index (χ4v) is 7.02. The normalized spacial score (nSPS) is 22.3. The summed E-state index contributed by atoms with van der Waals surface area (Å²) in [5, 5.41) is 13.6. The van der Waals surface area contributed by atoms with Crippen molar-refractivity contribution in [1.29, 1.82) is 0 Å². The zero-order valence-corrected chi connectivity index (χ0v) is 23.8. The van der Waals surface area contributed by atoms with Gasteiger partial charge in [-0.05, 0) is 56.6 Å². The monoisotopic (exact) mass is 571 g/mol. The number of pyridine rings is 1. The van der Waals surface area contributed by atoms with E-state index in [0.717, 1.165) is 12.1 Å². The number of carbonyl (C=O) groups excluding carboxylic acids is 2. The lowest BCUT2D eigenvalue weighted by Crippen LogP contribution is -2.55. The molecule has 2 amide bonds. The van der Waals surface area contributed by atoms with Crippen LogP contribution in [0.25, 0.3) is 0 Å². The third kappa shape index (κ3) is 5.72. The molecule has 40 heavy (non-hydrogen) atoms. The van der Waals surface area contributed by atoms with Crippen LogP contribution in [0.15, 0.2) is 38.3 Å². The van der Waals surface area contributed by atoms with Crippen LogP contribution in [-0.2, 0) is 26.3 Å². The van der Waals surface area contributed by atoms with Crippen molar-refractivity contribution in [2.45, 2.75) is 62.9 Å². The van der Waals surface area contributed by atoms with Gasteiger partial charge in [-0.25, -0.2) is 0 Å². The van der Waals surface area contributed by atoms with Crippen LogP contribution in [0.1, 0.15) is 55.2 Å². The standard InChI is InChI=1S/C29H37N3O7S/c1-18-12-23(33)26(36)27(39-18)29(7-9-38-10-8-29)14-24(34)30-21(6-11-40-2)28(37)31-15-19-13-20(17-31)22-4-3-5-25(35)32(22)16-19/h3-5,12,19-21,36H,6-11,13-17H2,1-2H3,(H,30,34). The SMILES string of the molecule is CSCCC(NC(=O)CC1(c2oc(C)cc(=O)c2O)CCOCC1)C(=O)N1CC2CC(C1)c1cccc(=O)n1C2. The van der Waals surface area contributed by atoms with Crippen LogP contribution in [0.2, 0.25) is 0 Å². The van der Waals surface area contributed by atoms with Crippen LogP contribution >= 0.6 is 11.8 Å². The Kier molecular flexibility index (Phi) is 8.42. The van der Waals surface area contributed by atoms with E-state index in [1.54, 1.807) is 30.8 Å². The van der Waals surface area contributed by atoms with Crippen molar-refractivity contribution in [3.63, 3.8) is 0 Å². The van der Waals surface area contributed by atoms with E-state index in [0.29, 0.717) is 63.6 Å². The first-order valence-electron chi connectivity index (χ1n) is 13.9. The number of nitrogens with one attached hydrogen (secondary N) is 1. The summed E-state index contributed by atoms with van der Waals surface area (Å²) < 4.78 is 13.2. The third-order valence-electron chi connectivity index (χ3n) is 8.51. The van der Waals surface area contributed by atoms with Gasteiger partial charge >= 0.3 is 0 Å². The van der Waals surface area contributed by atoms with Gasteiger partial charge in [0, 0.05) is 68.4 Å². The first-order valence-corrected chi connectivity index (χ1v) is 15.3. The Balaban J connectivity index is 1.34. The topological polar surface area (TPSA) is 131 Å². The predicted octanol–water partition coefficient (Wildman–Crippen LogP) is 2.14. The number of rotatable bonds is 8. The molecule has 3 unspecified atom stereocenters. The summed E-state index contributed by atoms with van der Waals surface area (Å²) in [6.07, 6.45) is 4.14. The highest BCUT2D eigenvalue weighted by molar-refractivity contribution is 7.98. The van der Waals surface area contributed by atoms with Gasteiger partial charge in [0.15, 0.2) is 5.76 Å². The van der Waals surface area contributed by atoms with Gasteiger partial charge in [0.25, 0.3) is 5.56 Å². The predicted molar refractivity (Wildman–Crippen MR) is 151 cm³/mol. The molecule has 2 fully saturated rings. The summed E-state index contributed by atoms with van der Waals surface area (Å²) in [4.78, 5) is 54.0. The number of thioether (sulfide) groups is 1. The van der Waals surface area contributed by atoms with E-state index >= 15 is 0 Å². The Morgan fingerprint density at radius 1 is 1.20 bits per heavy atom. The molecule has 0 aromatic carbocycles. The Hall–Kier alpha value is -3.05. The molecule has 0 saturated carbocycles. The minimum atomic E-state index is -0.913. The van der Waals surface area contributed by atoms with Crippen LogP contribution in [0, 0.1) is 12.8 Å². The van der Waals surface area contributed by atoms with E-state index in [1.165, 1.54) is 6.07 Å². The molecule has 10 nitrogen and oxygen atoms in total. The molecular weight excluding hydrogens is 534 g/mol. The van der Waals surface area contributed by atoms with E-state index in [1.807, 2.05) is 21.8 Å². The van der Waals surface area contributed by atoms with Gasteiger partial charge in [-0.1, -0.05) is 6.07 Å². The minimum Gasteiger partial charge on any atom is -0.502 e. The highest BCUT2D eigenvalue weighted by Gasteiger charge is 2.43. The van der Waals surface area contributed by atoms with Gasteiger partial charge in [-0.3, -0.25) is 19.2 Å². The second-order valence-electron chi connectivity index (χ2n) is 11.3. The summed E-state index contributed by atoms with van der Waals surface area (Å²) in [6.45, 7) is 4.00. The molecule has 3 atom stereocenters. The van der Waals surface area contributed by atoms with E-state index < -0.39 is 22.6 Å². The Morgan fingerprint density at radius 2 is 1.98 bits per heavy atom. The van der Waals surface area contributed by atoms with E-state index in [9.17, 15) is 24.3 Å². The number of piperidine rings is 1. The number of amides is 2. The molecule has 0 aliphatic carbocycles. The molecule has 3 aliphatic rings. The first kappa shape index (κ1) is 28.5. The highest BCUT2D eigenvalue weighted by atomic mass is 32.2. The third-order valence-corrected chi connectivity index (χ3v) is 9.16. The van der Waals surface area contributed by atoms with Crippen molar-refractivity contribution in [2.75, 3.05) is 38.3 Å². The molecule has 216 valence electrons. The van der Waals surface area contributed by atoms with Crippen LogP contribution in [0.5, 0.6) is 5.75 Å². The summed E-state index contributed by atoms with van der Waals surface area (Å²) >= 11 is 1.61. The largest absolute Gasteiger partial charge is 0.502 e. The molecule has 5 rings (SSSR count). The molecule has 2 bridgehead atoms. The molecule has 5 heterocycles. The van der Waals surface area contributed by atoms with E-state index in [4.69, 9.17) is 9.15 Å². The van der Waals surface area contributed by atoms with Crippen molar-refractivity contribution >= 4 is 23.6 Å². The number of likely N-dealkylation sites (tertiary alicyclic amines) is 1. The summed E-state index contributed by atoms with van der Waals surface area (Å²) in [6, 6.07) is 5.85. The zero-order chi connectivity index (χ0) is 28.4. The minimum absolute atomic E-state index is 0.00499. The quantitative estimate of drug-likeness (QED) is 0.493. The molecule has 2 aromatic heterocycles. The van der Waals surface area contributed by atoms with Crippen molar-refractivity contribution in [3.8, 4) is 5.75 Å². The average Bonchev–Trinajstić information content (AvgIpc) is 2.93. The number of carbonyl (C=O) groups is 2. The van der Waals surface area contributed by atoms with Crippen molar-refractivity contribution in [2.24, 2.45) is 5.92 Å². The van der Waals surface area contributed by atoms with Gasteiger partial charge in [0.1, 0.15) is 11.8 Å². The highest BCUT2D eigenvalue weighted by Crippen LogP contribution is 2.41. The fourth-order valence-electron chi connectivity index (χ4n) is 6.55. The number of hydrogen-bond donors (Lipinski definition) is 2. The molecule has 2 saturated heterocycles. The van der Waals surface area contributed by atoms with E-state index in [-0.39, 0.29) is 41.4 Å². The summed E-state index contributed by atoms with van der Waals surface area (Å²) in [5.74, 6) is 0.507. The van der Waals surface area contributed by atoms with Crippen molar-refractivity contribution in [1.82, 2.24) is 14.8 Å². The number of ether oxygens (including phenoxy) is 1. The molecule has 3 aliphatic heterocycles. The van der Waals surface area contributed by atoms with Gasteiger partial charge in [0.2, 0.25) is 23.0 Å². The van der Waals surface area contributed by atoms with E-state index in [2.05, 4.69) is 5.32 Å². The van der Waals surface area contributed by atoms with Crippen LogP contribution in [0.3, 0.4) is 0 Å². The Morgan fingerprint density at radius 3 is 2.73 bits per heavy atom. The lowest BCUT2D eigenvalue weighted by atomic mass is 9.74. The smallest absolute Gasteiger partial charge is 0.250 e. The maximum absolute atomic E-state index is 13.8. The number of aryl methyl sites for hydroxylation is 1. The maximum atomic E-state index is 13.8. The molecule has 2 N–H and O–H groups in total. The zero-order valence-electron chi connectivity index (χ0n) is 23.0. The number of nitrogens with zero attached hydrogens (tertiary/aromatic N) is 2. The molecular formula is C29H37N3O7S. The number of fused-ring (bicyclic) bond motifs is 4. The van der Waals surface area contributed by atoms with Crippen LogP contribution in [0.4, 0.5) is 0 Å². The molecule has 11 heteroatoms. The lowest BCUT2D eigenvalue weighted by Gasteiger charge is -2.43. The Bertz CT molecular complexity index is 1380. The summed E-state index contributed by atoms with van der Waals surface area (Å²) in [5.41, 5.74) is -0.497. The van der Waals surface area contributed by atoms with Crippen molar-refractivity contribution < 1.29 is 23.8 Å². The maximum Gasteiger partial charge on any atom is 0.250 e. The van der Waals surface area contributed by atoms with Gasteiger partial charge in [-0.15, -0.1) is 0 Å². The fraction of sp³-hybridized carbons (Fsp3) is 0.586. The first-order chi connectivity index (χ1) is 19.2. The lowest BCUT2D eigenvalue weighted by molar-refractivity contribution is -0.139. The number of aromatic nitrogens is 1. The van der Waals surface area contributed by atoms with Gasteiger partial charge in [-0.2, -0.15) is 11.8 Å². The van der Waals surface area contributed by atoms with Gasteiger partial charge < -0.3 is 29.0 Å².